The van der Waals surface area contributed by atoms with Crippen LogP contribution >= 0.6 is 0 Å². The Hall–Kier alpha value is -2.60. The monoisotopic (exact) mass is 370 g/mol. The Morgan fingerprint density at radius 2 is 1.81 bits per heavy atom. The Morgan fingerprint density at radius 1 is 1.15 bits per heavy atom. The topological polar surface area (TPSA) is 104 Å². The van der Waals surface area contributed by atoms with Crippen molar-refractivity contribution in [3.63, 3.8) is 0 Å². The van der Waals surface area contributed by atoms with Crippen LogP contribution in [0.2, 0.25) is 0 Å². The molecule has 3 aliphatic rings. The van der Waals surface area contributed by atoms with E-state index >= 15 is 0 Å². The van der Waals surface area contributed by atoms with Gasteiger partial charge >= 0.3 is 0 Å². The summed E-state index contributed by atoms with van der Waals surface area (Å²) in [4.78, 5) is 26.4. The zero-order chi connectivity index (χ0) is 19.9. The maximum Gasteiger partial charge on any atom is 0.232 e. The largest absolute Gasteiger partial charge is 0.508 e. The van der Waals surface area contributed by atoms with E-state index in [-0.39, 0.29) is 39.7 Å². The third-order valence-corrected chi connectivity index (χ3v) is 5.93. The predicted molar refractivity (Wildman–Crippen MR) is 96.8 cm³/mol. The van der Waals surface area contributed by atoms with Gasteiger partial charge in [0.2, 0.25) is 5.78 Å². The number of aromatic hydroxyl groups is 2. The summed E-state index contributed by atoms with van der Waals surface area (Å²) in [6.45, 7) is 6.84. The smallest absolute Gasteiger partial charge is 0.232 e. The molecule has 0 radical (unpaired) electrons. The molecule has 0 saturated carbocycles. The minimum Gasteiger partial charge on any atom is -0.508 e. The Balaban J connectivity index is 2.01. The summed E-state index contributed by atoms with van der Waals surface area (Å²) in [6.07, 6.45) is 2.78. The minimum absolute atomic E-state index is 0.0486. The number of carbonyl (C=O) groups excluding carboxylic acids is 2. The molecule has 27 heavy (non-hydrogen) atoms. The van der Waals surface area contributed by atoms with Crippen LogP contribution in [0.1, 0.15) is 59.9 Å². The van der Waals surface area contributed by atoms with Crippen molar-refractivity contribution in [2.75, 3.05) is 0 Å². The average Bonchev–Trinajstić information content (AvgIpc) is 2.55. The van der Waals surface area contributed by atoms with Gasteiger partial charge in [0.05, 0.1) is 16.7 Å². The Bertz CT molecular complexity index is 977. The van der Waals surface area contributed by atoms with Crippen LogP contribution in [0.15, 0.2) is 29.0 Å². The van der Waals surface area contributed by atoms with Crippen LogP contribution in [-0.2, 0) is 4.74 Å². The van der Waals surface area contributed by atoms with Gasteiger partial charge in [-0.15, -0.1) is 0 Å². The van der Waals surface area contributed by atoms with Gasteiger partial charge in [0, 0.05) is 17.0 Å². The van der Waals surface area contributed by atoms with Crippen molar-refractivity contribution in [1.29, 1.82) is 0 Å². The number of hydrogen-bond donors (Lipinski definition) is 3. The second-order valence-electron chi connectivity index (χ2n) is 8.41. The number of ketones is 2. The molecule has 0 saturated heterocycles. The van der Waals surface area contributed by atoms with Gasteiger partial charge in [0.25, 0.3) is 0 Å². The van der Waals surface area contributed by atoms with Crippen molar-refractivity contribution in [2.24, 2.45) is 5.92 Å². The number of fused-ring (bicyclic) bond motifs is 3. The zero-order valence-electron chi connectivity index (χ0n) is 15.7. The molecule has 4 rings (SSSR count). The van der Waals surface area contributed by atoms with Crippen molar-refractivity contribution < 1.29 is 29.6 Å². The number of rotatable bonds is 0. The van der Waals surface area contributed by atoms with E-state index in [4.69, 9.17) is 4.74 Å². The normalized spacial score (nSPS) is 28.8. The lowest BCUT2D eigenvalue weighted by atomic mass is 9.66. The highest BCUT2D eigenvalue weighted by atomic mass is 16.5. The number of hydrogen-bond acceptors (Lipinski definition) is 6. The third kappa shape index (κ3) is 2.36. The van der Waals surface area contributed by atoms with Crippen LogP contribution in [0.25, 0.3) is 0 Å². The van der Waals surface area contributed by atoms with E-state index in [9.17, 15) is 24.9 Å². The molecule has 1 aromatic carbocycles. The molecular formula is C21H22O6. The highest BCUT2D eigenvalue weighted by molar-refractivity contribution is 6.29. The molecule has 6 nitrogen and oxygen atoms in total. The summed E-state index contributed by atoms with van der Waals surface area (Å²) in [5, 5.41) is 30.9. The fourth-order valence-electron chi connectivity index (χ4n) is 4.39. The molecule has 2 atom stereocenters. The van der Waals surface area contributed by atoms with Crippen LogP contribution in [0.4, 0.5) is 0 Å². The number of carbonyl (C=O) groups is 2. The number of phenols is 2. The molecule has 1 aliphatic heterocycles. The van der Waals surface area contributed by atoms with Crippen LogP contribution in [0.5, 0.6) is 11.5 Å². The van der Waals surface area contributed by atoms with E-state index in [1.807, 2.05) is 13.8 Å². The maximum atomic E-state index is 13.3. The second kappa shape index (κ2) is 5.23. The van der Waals surface area contributed by atoms with Crippen molar-refractivity contribution >= 4 is 11.6 Å². The summed E-state index contributed by atoms with van der Waals surface area (Å²) in [6, 6.07) is 1.21. The summed E-state index contributed by atoms with van der Waals surface area (Å²) >= 11 is 0. The number of benzene rings is 1. The first kappa shape index (κ1) is 17.8. The molecular weight excluding hydrogens is 348 g/mol. The molecule has 1 heterocycles. The van der Waals surface area contributed by atoms with Crippen molar-refractivity contribution in [3.05, 3.63) is 45.7 Å². The summed E-state index contributed by atoms with van der Waals surface area (Å²) < 4.78 is 5.99. The Kier molecular flexibility index (Phi) is 3.44. The van der Waals surface area contributed by atoms with Gasteiger partial charge in [-0.2, -0.15) is 0 Å². The number of ether oxygens (including phenoxy) is 1. The van der Waals surface area contributed by atoms with Gasteiger partial charge in [0.1, 0.15) is 17.1 Å². The lowest BCUT2D eigenvalue weighted by Gasteiger charge is -2.46. The van der Waals surface area contributed by atoms with Gasteiger partial charge < -0.3 is 20.1 Å². The fraction of sp³-hybridized carbons (Fsp3) is 0.429. The maximum absolute atomic E-state index is 13.3. The molecule has 0 bridgehead atoms. The highest BCUT2D eigenvalue weighted by Crippen LogP contribution is 2.51. The second-order valence-corrected chi connectivity index (χ2v) is 8.41. The van der Waals surface area contributed by atoms with Gasteiger partial charge in [-0.1, -0.05) is 0 Å². The first-order valence-electron chi connectivity index (χ1n) is 8.98. The number of aliphatic hydroxyl groups is 1. The van der Waals surface area contributed by atoms with E-state index in [1.165, 1.54) is 13.0 Å². The quantitative estimate of drug-likeness (QED) is 0.649. The summed E-state index contributed by atoms with van der Waals surface area (Å²) in [5.74, 6) is -1.99. The SMILES string of the molecule is Cc1c(O)cc2c(c1O)C(=O)C1=C(C2=O)C2=C[C@](C)(O)CC[C@@H]2C(C)(C)O1. The van der Waals surface area contributed by atoms with E-state index < -0.39 is 28.5 Å². The predicted octanol–water partition coefficient (Wildman–Crippen LogP) is 2.94. The van der Waals surface area contributed by atoms with E-state index in [0.717, 1.165) is 0 Å². The molecule has 0 unspecified atom stereocenters. The van der Waals surface area contributed by atoms with Gasteiger partial charge in [0.15, 0.2) is 11.5 Å². The van der Waals surface area contributed by atoms with Crippen LogP contribution in [0, 0.1) is 12.8 Å². The van der Waals surface area contributed by atoms with Crippen LogP contribution < -0.4 is 0 Å². The van der Waals surface area contributed by atoms with Gasteiger partial charge in [-0.05, 0) is 58.3 Å². The lowest BCUT2D eigenvalue weighted by Crippen LogP contribution is -2.47. The van der Waals surface area contributed by atoms with E-state index in [2.05, 4.69) is 0 Å². The first-order chi connectivity index (χ1) is 12.4. The van der Waals surface area contributed by atoms with Gasteiger partial charge in [-0.3, -0.25) is 9.59 Å². The van der Waals surface area contributed by atoms with E-state index in [0.29, 0.717) is 18.4 Å². The Morgan fingerprint density at radius 3 is 2.48 bits per heavy atom. The fourth-order valence-corrected chi connectivity index (χ4v) is 4.39. The molecule has 142 valence electrons. The molecule has 0 aromatic heterocycles. The molecule has 6 heteroatoms. The van der Waals surface area contributed by atoms with Crippen molar-refractivity contribution in [2.45, 2.75) is 51.7 Å². The zero-order valence-corrected chi connectivity index (χ0v) is 15.7. The number of Topliss-reactive ketones (excluding diaryl/α,β-unsaturated/α-hetero) is 2. The van der Waals surface area contributed by atoms with Crippen molar-refractivity contribution in [3.8, 4) is 11.5 Å². The standard InChI is InChI=1S/C21H22O6/c1-9-13(22)7-10-14(16(9)23)18(25)19-15(17(10)24)11-8-21(4,26)6-5-12(11)20(2,3)27-19/h7-8,12,22-23,26H,5-6H2,1-4H3/t12-,21+/m0/s1. The average molecular weight is 370 g/mol. The molecule has 3 N–H and O–H groups in total. The van der Waals surface area contributed by atoms with Crippen LogP contribution in [-0.4, -0.2) is 38.1 Å². The summed E-state index contributed by atoms with van der Waals surface area (Å²) in [7, 11) is 0. The van der Waals surface area contributed by atoms with Crippen molar-refractivity contribution in [1.82, 2.24) is 0 Å². The van der Waals surface area contributed by atoms with Crippen LogP contribution in [0.3, 0.4) is 0 Å². The van der Waals surface area contributed by atoms with E-state index in [1.54, 1.807) is 13.0 Å². The molecule has 2 aliphatic carbocycles. The Labute approximate surface area is 156 Å². The number of allylic oxidation sites excluding steroid dienone is 2. The molecule has 0 amide bonds. The number of phenolic OH excluding ortho intramolecular Hbond substituents is 2. The highest BCUT2D eigenvalue weighted by Gasteiger charge is 2.51. The lowest BCUT2D eigenvalue weighted by molar-refractivity contribution is -0.0310. The van der Waals surface area contributed by atoms with Gasteiger partial charge in [-0.25, -0.2) is 0 Å². The molecule has 1 aromatic rings. The summed E-state index contributed by atoms with van der Waals surface area (Å²) in [5.41, 5.74) is -1.17. The third-order valence-electron chi connectivity index (χ3n) is 5.93. The first-order valence-corrected chi connectivity index (χ1v) is 8.98. The molecule has 0 spiro atoms. The molecule has 0 fully saturated rings. The minimum atomic E-state index is -1.08.